The average Bonchev–Trinajstić information content (AvgIpc) is 3.10. The van der Waals surface area contributed by atoms with Gasteiger partial charge in [-0.15, -0.1) is 0 Å². The number of hydrogen-bond donors (Lipinski definition) is 1. The van der Waals surface area contributed by atoms with Crippen LogP contribution in [0, 0.1) is 6.92 Å². The molecule has 1 aromatic heterocycles. The van der Waals surface area contributed by atoms with Gasteiger partial charge in [-0.05, 0) is 49.7 Å². The average molecular weight is 414 g/mol. The highest BCUT2D eigenvalue weighted by molar-refractivity contribution is 6.30. The number of hydrogen-bond acceptors (Lipinski definition) is 4. The summed E-state index contributed by atoms with van der Waals surface area (Å²) in [6, 6.07) is 14.9. The highest BCUT2D eigenvalue weighted by atomic mass is 35.5. The summed E-state index contributed by atoms with van der Waals surface area (Å²) in [4.78, 5) is 12.8. The second kappa shape index (κ2) is 10.2. The van der Waals surface area contributed by atoms with Crippen molar-refractivity contribution < 1.29 is 14.3 Å². The van der Waals surface area contributed by atoms with Crippen LogP contribution in [0.15, 0.2) is 54.7 Å². The Bertz CT molecular complexity index is 971. The number of halogens is 1. The molecule has 0 radical (unpaired) electrons. The maximum Gasteiger partial charge on any atom is 0.259 e. The molecule has 0 aliphatic carbocycles. The Balaban J connectivity index is 1.66. The van der Waals surface area contributed by atoms with Crippen LogP contribution < -0.4 is 5.32 Å². The Morgan fingerprint density at radius 3 is 2.72 bits per heavy atom. The van der Waals surface area contributed by atoms with Gasteiger partial charge in [-0.25, -0.2) is 4.68 Å². The third-order valence-electron chi connectivity index (χ3n) is 4.34. The summed E-state index contributed by atoms with van der Waals surface area (Å²) in [5.41, 5.74) is 3.73. The summed E-state index contributed by atoms with van der Waals surface area (Å²) in [5, 5.41) is 7.88. The Hall–Kier alpha value is -2.67. The van der Waals surface area contributed by atoms with Crippen molar-refractivity contribution in [2.75, 3.05) is 25.1 Å². The molecule has 3 rings (SSSR count). The van der Waals surface area contributed by atoms with E-state index in [9.17, 15) is 4.79 Å². The van der Waals surface area contributed by atoms with E-state index in [2.05, 4.69) is 10.4 Å². The largest absolute Gasteiger partial charge is 0.379 e. The van der Waals surface area contributed by atoms with Gasteiger partial charge in [-0.2, -0.15) is 5.10 Å². The van der Waals surface area contributed by atoms with Gasteiger partial charge < -0.3 is 14.8 Å². The second-order valence-electron chi connectivity index (χ2n) is 6.44. The van der Waals surface area contributed by atoms with Crippen molar-refractivity contribution in [2.45, 2.75) is 20.5 Å². The molecule has 0 saturated carbocycles. The van der Waals surface area contributed by atoms with E-state index in [0.717, 1.165) is 16.9 Å². The van der Waals surface area contributed by atoms with E-state index in [1.165, 1.54) is 0 Å². The lowest BCUT2D eigenvalue weighted by molar-refractivity contribution is 0.0453. The van der Waals surface area contributed by atoms with Crippen LogP contribution in [0.5, 0.6) is 0 Å². The van der Waals surface area contributed by atoms with E-state index in [1.807, 2.05) is 50.2 Å². The smallest absolute Gasteiger partial charge is 0.259 e. The Labute approximate surface area is 175 Å². The fourth-order valence-corrected chi connectivity index (χ4v) is 3.07. The lowest BCUT2D eigenvalue weighted by Crippen LogP contribution is -2.13. The first-order chi connectivity index (χ1) is 14.1. The van der Waals surface area contributed by atoms with Crippen LogP contribution in [-0.4, -0.2) is 35.5 Å². The van der Waals surface area contributed by atoms with Crippen LogP contribution in [0.4, 0.5) is 5.69 Å². The summed E-state index contributed by atoms with van der Waals surface area (Å²) in [5.74, 6) is -0.217. The molecule has 0 spiro atoms. The number of aromatic nitrogens is 2. The minimum Gasteiger partial charge on any atom is -0.379 e. The number of nitrogens with zero attached hydrogens (tertiary/aromatic N) is 2. The first-order valence-electron chi connectivity index (χ1n) is 9.45. The lowest BCUT2D eigenvalue weighted by Gasteiger charge is -2.09. The molecule has 0 aliphatic heterocycles. The van der Waals surface area contributed by atoms with E-state index in [1.54, 1.807) is 23.0 Å². The van der Waals surface area contributed by atoms with Gasteiger partial charge >= 0.3 is 0 Å². The van der Waals surface area contributed by atoms with E-state index >= 15 is 0 Å². The van der Waals surface area contributed by atoms with Crippen LogP contribution in [0.2, 0.25) is 5.02 Å². The minimum absolute atomic E-state index is 0.217. The fraction of sp³-hybridized carbons (Fsp3) is 0.273. The SMILES string of the molecule is CCOCCOCc1cccc(NC(=O)c2cnn(-c3cccc(Cl)c3)c2C)c1. The fourth-order valence-electron chi connectivity index (χ4n) is 2.89. The van der Waals surface area contributed by atoms with Crippen LogP contribution in [0.3, 0.4) is 0 Å². The van der Waals surface area contributed by atoms with Gasteiger partial charge in [-0.3, -0.25) is 4.79 Å². The molecule has 7 heteroatoms. The van der Waals surface area contributed by atoms with Crippen LogP contribution in [-0.2, 0) is 16.1 Å². The molecule has 0 bridgehead atoms. The molecule has 2 aromatic carbocycles. The van der Waals surface area contributed by atoms with Gasteiger partial charge in [0, 0.05) is 17.3 Å². The first kappa shape index (κ1) is 21.0. The molecule has 6 nitrogen and oxygen atoms in total. The van der Waals surface area contributed by atoms with Gasteiger partial charge in [-0.1, -0.05) is 29.8 Å². The highest BCUT2D eigenvalue weighted by Crippen LogP contribution is 2.19. The van der Waals surface area contributed by atoms with Crippen LogP contribution in [0.1, 0.15) is 28.5 Å². The molecule has 29 heavy (non-hydrogen) atoms. The molecule has 0 fully saturated rings. The number of anilines is 1. The monoisotopic (exact) mass is 413 g/mol. The molecule has 0 aliphatic rings. The quantitative estimate of drug-likeness (QED) is 0.519. The summed E-state index contributed by atoms with van der Waals surface area (Å²) in [7, 11) is 0. The van der Waals surface area contributed by atoms with Crippen molar-refractivity contribution in [3.63, 3.8) is 0 Å². The van der Waals surface area contributed by atoms with Crippen molar-refractivity contribution in [3.8, 4) is 5.69 Å². The van der Waals surface area contributed by atoms with Gasteiger partial charge in [0.2, 0.25) is 0 Å². The van der Waals surface area contributed by atoms with Crippen molar-refractivity contribution in [1.29, 1.82) is 0 Å². The standard InChI is InChI=1S/C22H24ClN3O3/c1-3-28-10-11-29-15-17-6-4-8-19(12-17)25-22(27)21-14-24-26(16(21)2)20-9-5-7-18(23)13-20/h4-9,12-14H,3,10-11,15H2,1-2H3,(H,25,27). The predicted molar refractivity (Wildman–Crippen MR) is 114 cm³/mol. The van der Waals surface area contributed by atoms with E-state index in [4.69, 9.17) is 21.1 Å². The molecule has 1 heterocycles. The number of amides is 1. The summed E-state index contributed by atoms with van der Waals surface area (Å²) < 4.78 is 12.5. The number of carbonyl (C=O) groups is 1. The van der Waals surface area contributed by atoms with E-state index < -0.39 is 0 Å². The van der Waals surface area contributed by atoms with Crippen molar-refractivity contribution in [1.82, 2.24) is 9.78 Å². The molecule has 3 aromatic rings. The van der Waals surface area contributed by atoms with Gasteiger partial charge in [0.1, 0.15) is 0 Å². The third-order valence-corrected chi connectivity index (χ3v) is 4.57. The zero-order valence-corrected chi connectivity index (χ0v) is 17.3. The molecule has 0 saturated heterocycles. The zero-order chi connectivity index (χ0) is 20.6. The molecular formula is C22H24ClN3O3. The number of benzene rings is 2. The first-order valence-corrected chi connectivity index (χ1v) is 9.82. The molecule has 1 amide bonds. The molecule has 0 atom stereocenters. The summed E-state index contributed by atoms with van der Waals surface area (Å²) in [6.45, 7) is 6.05. The number of rotatable bonds is 9. The summed E-state index contributed by atoms with van der Waals surface area (Å²) >= 11 is 6.06. The van der Waals surface area contributed by atoms with Crippen molar-refractivity contribution in [3.05, 3.63) is 76.6 Å². The lowest BCUT2D eigenvalue weighted by atomic mass is 10.2. The Morgan fingerprint density at radius 1 is 1.14 bits per heavy atom. The zero-order valence-electron chi connectivity index (χ0n) is 16.5. The molecule has 1 N–H and O–H groups in total. The van der Waals surface area contributed by atoms with Gasteiger partial charge in [0.25, 0.3) is 5.91 Å². The topological polar surface area (TPSA) is 65.4 Å². The van der Waals surface area contributed by atoms with E-state index in [-0.39, 0.29) is 5.91 Å². The predicted octanol–water partition coefficient (Wildman–Crippen LogP) is 4.64. The highest BCUT2D eigenvalue weighted by Gasteiger charge is 2.15. The van der Waals surface area contributed by atoms with Crippen LogP contribution in [0.25, 0.3) is 5.69 Å². The number of ether oxygens (including phenoxy) is 2. The maximum atomic E-state index is 12.8. The molecular weight excluding hydrogens is 390 g/mol. The van der Waals surface area contributed by atoms with Gasteiger partial charge in [0.05, 0.1) is 43.0 Å². The summed E-state index contributed by atoms with van der Waals surface area (Å²) in [6.07, 6.45) is 1.56. The normalized spacial score (nSPS) is 10.9. The van der Waals surface area contributed by atoms with Crippen molar-refractivity contribution in [2.24, 2.45) is 0 Å². The Morgan fingerprint density at radius 2 is 1.93 bits per heavy atom. The molecule has 152 valence electrons. The van der Waals surface area contributed by atoms with Gasteiger partial charge in [0.15, 0.2) is 0 Å². The third kappa shape index (κ3) is 5.67. The van der Waals surface area contributed by atoms with Crippen LogP contribution >= 0.6 is 11.6 Å². The second-order valence-corrected chi connectivity index (χ2v) is 6.88. The minimum atomic E-state index is -0.217. The molecule has 0 unspecified atom stereocenters. The van der Waals surface area contributed by atoms with Crippen molar-refractivity contribution >= 4 is 23.2 Å². The maximum absolute atomic E-state index is 12.8. The number of nitrogens with one attached hydrogen (secondary N) is 1. The van der Waals surface area contributed by atoms with E-state index in [0.29, 0.717) is 42.7 Å². The number of carbonyl (C=O) groups excluding carboxylic acids is 1. The Kier molecular flexibility index (Phi) is 7.41.